The highest BCUT2D eigenvalue weighted by Gasteiger charge is 2.42. The molecule has 0 spiro atoms. The molecule has 2 rings (SSSR count). The van der Waals surface area contributed by atoms with E-state index in [9.17, 15) is 15.3 Å². The van der Waals surface area contributed by atoms with Gasteiger partial charge in [0.15, 0.2) is 6.29 Å². The van der Waals surface area contributed by atoms with Crippen LogP contribution in [0.2, 0.25) is 0 Å². The SMILES string of the molecule is C[C@@H]1O[C@@H](OCc2ccccc2)[C@@H](O)[C@H](O)[C@@H]1O. The van der Waals surface area contributed by atoms with Gasteiger partial charge in [0.2, 0.25) is 0 Å². The smallest absolute Gasteiger partial charge is 0.186 e. The molecular weight excluding hydrogens is 236 g/mol. The summed E-state index contributed by atoms with van der Waals surface area (Å²) in [6, 6.07) is 9.46. The van der Waals surface area contributed by atoms with Crippen LogP contribution in [0.15, 0.2) is 30.3 Å². The molecule has 0 bridgehead atoms. The van der Waals surface area contributed by atoms with Crippen LogP contribution in [0.5, 0.6) is 0 Å². The zero-order valence-electron chi connectivity index (χ0n) is 10.1. The lowest BCUT2D eigenvalue weighted by atomic mass is 10.00. The molecule has 1 fully saturated rings. The second-order valence-corrected chi connectivity index (χ2v) is 4.48. The molecule has 1 heterocycles. The molecule has 1 aliphatic heterocycles. The molecular formula is C13H18O5. The van der Waals surface area contributed by atoms with Crippen molar-refractivity contribution < 1.29 is 24.8 Å². The van der Waals surface area contributed by atoms with Crippen LogP contribution in [0.4, 0.5) is 0 Å². The van der Waals surface area contributed by atoms with Crippen LogP contribution in [0.1, 0.15) is 12.5 Å². The highest BCUT2D eigenvalue weighted by Crippen LogP contribution is 2.22. The van der Waals surface area contributed by atoms with E-state index < -0.39 is 30.7 Å². The first kappa shape index (κ1) is 13.5. The lowest BCUT2D eigenvalue weighted by Gasteiger charge is -2.38. The van der Waals surface area contributed by atoms with Gasteiger partial charge in [-0.1, -0.05) is 30.3 Å². The third kappa shape index (κ3) is 2.88. The number of aliphatic hydroxyl groups excluding tert-OH is 3. The second kappa shape index (κ2) is 5.77. The van der Waals surface area contributed by atoms with E-state index in [1.807, 2.05) is 30.3 Å². The molecule has 5 nitrogen and oxygen atoms in total. The first-order valence-electron chi connectivity index (χ1n) is 5.95. The van der Waals surface area contributed by atoms with Gasteiger partial charge in [0, 0.05) is 0 Å². The van der Waals surface area contributed by atoms with Crippen molar-refractivity contribution in [2.24, 2.45) is 0 Å². The molecule has 1 aromatic rings. The normalized spacial score (nSPS) is 36.6. The standard InChI is InChI=1S/C13H18O5/c1-8-10(14)11(15)12(16)13(18-8)17-7-9-5-3-2-4-6-9/h2-6,8,10-16H,7H2,1H3/t8-,10+,11+,12-,13+/m0/s1. The minimum absolute atomic E-state index is 0.276. The average molecular weight is 254 g/mol. The molecule has 18 heavy (non-hydrogen) atoms. The minimum Gasteiger partial charge on any atom is -0.388 e. The molecule has 0 saturated carbocycles. The van der Waals surface area contributed by atoms with Crippen LogP contribution in [0, 0.1) is 0 Å². The summed E-state index contributed by atoms with van der Waals surface area (Å²) >= 11 is 0. The van der Waals surface area contributed by atoms with E-state index in [-0.39, 0.29) is 6.61 Å². The van der Waals surface area contributed by atoms with E-state index in [4.69, 9.17) is 9.47 Å². The van der Waals surface area contributed by atoms with Crippen molar-refractivity contribution in [3.63, 3.8) is 0 Å². The molecule has 0 radical (unpaired) electrons. The van der Waals surface area contributed by atoms with Crippen molar-refractivity contribution in [2.45, 2.75) is 44.2 Å². The fourth-order valence-electron chi connectivity index (χ4n) is 1.90. The summed E-state index contributed by atoms with van der Waals surface area (Å²) in [6.45, 7) is 1.90. The number of benzene rings is 1. The Morgan fingerprint density at radius 3 is 2.39 bits per heavy atom. The Hall–Kier alpha value is -0.980. The number of rotatable bonds is 3. The van der Waals surface area contributed by atoms with E-state index in [1.54, 1.807) is 6.92 Å². The monoisotopic (exact) mass is 254 g/mol. The Balaban J connectivity index is 1.93. The van der Waals surface area contributed by atoms with E-state index in [0.29, 0.717) is 0 Å². The van der Waals surface area contributed by atoms with Crippen molar-refractivity contribution in [3.05, 3.63) is 35.9 Å². The first-order chi connectivity index (χ1) is 8.59. The highest BCUT2D eigenvalue weighted by atomic mass is 16.7. The molecule has 1 saturated heterocycles. The minimum atomic E-state index is -1.26. The van der Waals surface area contributed by atoms with Crippen LogP contribution in [-0.2, 0) is 16.1 Å². The zero-order valence-corrected chi connectivity index (χ0v) is 10.1. The maximum atomic E-state index is 9.74. The largest absolute Gasteiger partial charge is 0.388 e. The molecule has 0 unspecified atom stereocenters. The van der Waals surface area contributed by atoms with Gasteiger partial charge in [-0.05, 0) is 12.5 Å². The second-order valence-electron chi connectivity index (χ2n) is 4.48. The van der Waals surface area contributed by atoms with E-state index >= 15 is 0 Å². The molecule has 5 heteroatoms. The van der Waals surface area contributed by atoms with Crippen LogP contribution in [0.3, 0.4) is 0 Å². The zero-order chi connectivity index (χ0) is 13.1. The summed E-state index contributed by atoms with van der Waals surface area (Å²) in [5, 5.41) is 28.9. The summed E-state index contributed by atoms with van der Waals surface area (Å²) in [4.78, 5) is 0. The summed E-state index contributed by atoms with van der Waals surface area (Å²) in [5.41, 5.74) is 0.946. The van der Waals surface area contributed by atoms with Gasteiger partial charge in [0.05, 0.1) is 12.7 Å². The van der Waals surface area contributed by atoms with Crippen LogP contribution >= 0.6 is 0 Å². The Bertz CT molecular complexity index is 369. The highest BCUT2D eigenvalue weighted by molar-refractivity contribution is 5.13. The van der Waals surface area contributed by atoms with Gasteiger partial charge in [0.1, 0.15) is 18.3 Å². The van der Waals surface area contributed by atoms with Gasteiger partial charge in [-0.2, -0.15) is 0 Å². The van der Waals surface area contributed by atoms with Crippen LogP contribution < -0.4 is 0 Å². The lowest BCUT2D eigenvalue weighted by Crippen LogP contribution is -2.57. The van der Waals surface area contributed by atoms with Crippen LogP contribution in [-0.4, -0.2) is 46.0 Å². The Morgan fingerprint density at radius 2 is 1.72 bits per heavy atom. The Labute approximate surface area is 106 Å². The maximum Gasteiger partial charge on any atom is 0.186 e. The third-order valence-corrected chi connectivity index (χ3v) is 3.07. The predicted octanol–water partition coefficient (Wildman–Crippen LogP) is 0.0307. The fraction of sp³-hybridized carbons (Fsp3) is 0.538. The molecule has 1 aliphatic rings. The number of ether oxygens (including phenoxy) is 2. The van der Waals surface area contributed by atoms with Crippen molar-refractivity contribution in [1.29, 1.82) is 0 Å². The molecule has 0 aliphatic carbocycles. The number of hydrogen-bond acceptors (Lipinski definition) is 5. The topological polar surface area (TPSA) is 79.2 Å². The summed E-state index contributed by atoms with van der Waals surface area (Å²) in [6.07, 6.45) is -5.12. The predicted molar refractivity (Wildman–Crippen MR) is 63.6 cm³/mol. The van der Waals surface area contributed by atoms with Gasteiger partial charge < -0.3 is 24.8 Å². The Morgan fingerprint density at radius 1 is 1.06 bits per heavy atom. The quantitative estimate of drug-likeness (QED) is 0.709. The maximum absolute atomic E-state index is 9.74. The van der Waals surface area contributed by atoms with E-state index in [2.05, 4.69) is 0 Å². The number of aliphatic hydroxyl groups is 3. The van der Waals surface area contributed by atoms with Gasteiger partial charge in [-0.3, -0.25) is 0 Å². The van der Waals surface area contributed by atoms with Gasteiger partial charge >= 0.3 is 0 Å². The Kier molecular flexibility index (Phi) is 4.31. The summed E-state index contributed by atoms with van der Waals surface area (Å²) in [5.74, 6) is 0. The van der Waals surface area contributed by atoms with Gasteiger partial charge in [0.25, 0.3) is 0 Å². The first-order valence-corrected chi connectivity index (χ1v) is 5.95. The van der Waals surface area contributed by atoms with Crippen molar-refractivity contribution in [1.82, 2.24) is 0 Å². The fourth-order valence-corrected chi connectivity index (χ4v) is 1.90. The molecule has 100 valence electrons. The van der Waals surface area contributed by atoms with Crippen molar-refractivity contribution >= 4 is 0 Å². The molecule has 5 atom stereocenters. The molecule has 0 aromatic heterocycles. The van der Waals surface area contributed by atoms with Crippen LogP contribution in [0.25, 0.3) is 0 Å². The van der Waals surface area contributed by atoms with Crippen molar-refractivity contribution in [2.75, 3.05) is 0 Å². The van der Waals surface area contributed by atoms with E-state index in [1.165, 1.54) is 0 Å². The average Bonchev–Trinajstić information content (AvgIpc) is 2.40. The summed E-state index contributed by atoms with van der Waals surface area (Å²) in [7, 11) is 0. The van der Waals surface area contributed by atoms with Gasteiger partial charge in [-0.15, -0.1) is 0 Å². The lowest BCUT2D eigenvalue weighted by molar-refractivity contribution is -0.296. The van der Waals surface area contributed by atoms with Gasteiger partial charge in [-0.25, -0.2) is 0 Å². The molecule has 3 N–H and O–H groups in total. The summed E-state index contributed by atoms with van der Waals surface area (Å²) < 4.78 is 10.7. The number of hydrogen-bond donors (Lipinski definition) is 3. The molecule has 1 aromatic carbocycles. The third-order valence-electron chi connectivity index (χ3n) is 3.07. The van der Waals surface area contributed by atoms with E-state index in [0.717, 1.165) is 5.56 Å². The van der Waals surface area contributed by atoms with Crippen molar-refractivity contribution in [3.8, 4) is 0 Å². The molecule has 0 amide bonds.